The van der Waals surface area contributed by atoms with Crippen LogP contribution in [0.4, 0.5) is 5.69 Å². The van der Waals surface area contributed by atoms with Gasteiger partial charge in [-0.1, -0.05) is 17.7 Å². The molecule has 0 saturated carbocycles. The molecule has 0 radical (unpaired) electrons. The molecule has 0 aliphatic rings. The molecular weight excluding hydrogens is 364 g/mol. The minimum Gasteiger partial charge on any atom is -0.441 e. The molecule has 4 aromatic rings. The first-order valence-corrected chi connectivity index (χ1v) is 9.42. The van der Waals surface area contributed by atoms with E-state index < -0.39 is 0 Å². The van der Waals surface area contributed by atoms with Gasteiger partial charge in [-0.05, 0) is 62.7 Å². The van der Waals surface area contributed by atoms with Crippen LogP contribution < -0.4 is 5.32 Å². The molecule has 0 atom stereocenters. The van der Waals surface area contributed by atoms with E-state index in [0.717, 1.165) is 33.8 Å². The second-order valence-electron chi connectivity index (χ2n) is 7.08. The van der Waals surface area contributed by atoms with Crippen molar-refractivity contribution in [3.8, 4) is 11.5 Å². The van der Waals surface area contributed by atoms with Crippen molar-refractivity contribution in [3.05, 3.63) is 89.1 Å². The van der Waals surface area contributed by atoms with Crippen molar-refractivity contribution in [2.45, 2.75) is 27.3 Å². The number of carbonyl (C=O) groups excluding carboxylic acids is 1. The number of oxazole rings is 1. The highest BCUT2D eigenvalue weighted by Gasteiger charge is 2.13. The molecular formula is C23H22N4O2. The number of aryl methyl sites for hydroxylation is 3. The van der Waals surface area contributed by atoms with Crippen molar-refractivity contribution in [2.24, 2.45) is 0 Å². The topological polar surface area (TPSA) is 73.0 Å². The fraction of sp³-hybridized carbons (Fsp3) is 0.174. The highest BCUT2D eigenvalue weighted by atomic mass is 16.4. The number of carbonyl (C=O) groups is 1. The van der Waals surface area contributed by atoms with Gasteiger partial charge >= 0.3 is 0 Å². The van der Waals surface area contributed by atoms with Gasteiger partial charge in [0, 0.05) is 29.2 Å². The fourth-order valence-electron chi connectivity index (χ4n) is 3.12. The molecule has 2 heterocycles. The third-order valence-electron chi connectivity index (χ3n) is 4.79. The van der Waals surface area contributed by atoms with E-state index >= 15 is 0 Å². The van der Waals surface area contributed by atoms with Crippen LogP contribution in [0.1, 0.15) is 32.9 Å². The molecule has 0 fully saturated rings. The number of nitrogens with one attached hydrogen (secondary N) is 1. The Labute approximate surface area is 169 Å². The van der Waals surface area contributed by atoms with Crippen molar-refractivity contribution in [2.75, 3.05) is 5.32 Å². The van der Waals surface area contributed by atoms with Crippen molar-refractivity contribution in [1.29, 1.82) is 0 Å². The number of aromatic nitrogens is 3. The summed E-state index contributed by atoms with van der Waals surface area (Å²) in [5.74, 6) is 1.20. The number of anilines is 1. The van der Waals surface area contributed by atoms with Gasteiger partial charge < -0.3 is 9.73 Å². The zero-order chi connectivity index (χ0) is 20.4. The minimum atomic E-state index is -0.118. The second-order valence-corrected chi connectivity index (χ2v) is 7.08. The van der Waals surface area contributed by atoms with E-state index in [4.69, 9.17) is 4.42 Å². The minimum absolute atomic E-state index is 0.118. The summed E-state index contributed by atoms with van der Waals surface area (Å²) in [6, 6.07) is 15.2. The van der Waals surface area contributed by atoms with Crippen molar-refractivity contribution in [3.63, 3.8) is 0 Å². The second kappa shape index (κ2) is 7.75. The van der Waals surface area contributed by atoms with Gasteiger partial charge in [0.1, 0.15) is 11.5 Å². The first-order valence-electron chi connectivity index (χ1n) is 9.42. The molecule has 0 aliphatic carbocycles. The van der Waals surface area contributed by atoms with E-state index in [1.165, 1.54) is 0 Å². The highest BCUT2D eigenvalue weighted by Crippen LogP contribution is 2.24. The summed E-state index contributed by atoms with van der Waals surface area (Å²) in [6.07, 6.45) is 3.63. The van der Waals surface area contributed by atoms with E-state index in [1.807, 2.05) is 75.5 Å². The van der Waals surface area contributed by atoms with Crippen LogP contribution in [0.15, 0.2) is 65.3 Å². The summed E-state index contributed by atoms with van der Waals surface area (Å²) < 4.78 is 7.64. The lowest BCUT2D eigenvalue weighted by Gasteiger charge is -2.09. The van der Waals surface area contributed by atoms with Crippen LogP contribution in [0.3, 0.4) is 0 Å². The van der Waals surface area contributed by atoms with Crippen LogP contribution in [-0.4, -0.2) is 20.7 Å². The summed E-state index contributed by atoms with van der Waals surface area (Å²) in [6.45, 7) is 6.37. The van der Waals surface area contributed by atoms with Crippen LogP contribution >= 0.6 is 0 Å². The average Bonchev–Trinajstić information content (AvgIpc) is 3.35. The first kappa shape index (κ1) is 18.7. The Bertz CT molecular complexity index is 1140. The van der Waals surface area contributed by atoms with Gasteiger partial charge in [0.25, 0.3) is 5.91 Å². The van der Waals surface area contributed by atoms with Gasteiger partial charge in [-0.25, -0.2) is 4.98 Å². The van der Waals surface area contributed by atoms with Gasteiger partial charge in [-0.2, -0.15) is 5.10 Å². The molecule has 6 nitrogen and oxygen atoms in total. The van der Waals surface area contributed by atoms with Crippen LogP contribution in [0.5, 0.6) is 0 Å². The van der Waals surface area contributed by atoms with Crippen LogP contribution in [-0.2, 0) is 6.54 Å². The smallest absolute Gasteiger partial charge is 0.255 e. The maximum absolute atomic E-state index is 12.6. The van der Waals surface area contributed by atoms with Crippen molar-refractivity contribution in [1.82, 2.24) is 14.8 Å². The quantitative estimate of drug-likeness (QED) is 0.536. The Morgan fingerprint density at radius 3 is 2.62 bits per heavy atom. The molecule has 0 unspecified atom stereocenters. The molecule has 1 amide bonds. The number of amides is 1. The van der Waals surface area contributed by atoms with Gasteiger partial charge in [0.15, 0.2) is 0 Å². The molecule has 146 valence electrons. The van der Waals surface area contributed by atoms with E-state index in [9.17, 15) is 4.79 Å². The molecule has 6 heteroatoms. The Balaban J connectivity index is 1.49. The Hall–Kier alpha value is -3.67. The average molecular weight is 386 g/mol. The summed E-state index contributed by atoms with van der Waals surface area (Å²) in [7, 11) is 0. The highest BCUT2D eigenvalue weighted by molar-refractivity contribution is 6.05. The molecule has 29 heavy (non-hydrogen) atoms. The van der Waals surface area contributed by atoms with Crippen LogP contribution in [0, 0.1) is 20.8 Å². The third kappa shape index (κ3) is 4.11. The third-order valence-corrected chi connectivity index (χ3v) is 4.79. The molecule has 0 aliphatic heterocycles. The zero-order valence-electron chi connectivity index (χ0n) is 16.6. The van der Waals surface area contributed by atoms with Crippen molar-refractivity contribution < 1.29 is 9.21 Å². The van der Waals surface area contributed by atoms with E-state index in [0.29, 0.717) is 18.0 Å². The van der Waals surface area contributed by atoms with Crippen molar-refractivity contribution >= 4 is 11.6 Å². The monoisotopic (exact) mass is 386 g/mol. The van der Waals surface area contributed by atoms with Gasteiger partial charge in [0.2, 0.25) is 5.89 Å². The molecule has 2 aromatic carbocycles. The molecule has 0 bridgehead atoms. The first-order chi connectivity index (χ1) is 14.0. The maximum atomic E-state index is 12.6. The normalized spacial score (nSPS) is 10.9. The Morgan fingerprint density at radius 1 is 1.10 bits per heavy atom. The standard InChI is InChI=1S/C23H22N4O2/c1-15-5-6-16(2)20(13-15)22(28)25-19-9-7-18(8-10-19)23-26-21(17(3)29-23)14-27-12-4-11-24-27/h4-13H,14H2,1-3H3,(H,25,28). The summed E-state index contributed by atoms with van der Waals surface area (Å²) in [5.41, 5.74) is 5.10. The largest absolute Gasteiger partial charge is 0.441 e. The fourth-order valence-corrected chi connectivity index (χ4v) is 3.12. The van der Waals surface area contributed by atoms with Gasteiger partial charge in [0.05, 0.1) is 6.54 Å². The molecule has 2 aromatic heterocycles. The molecule has 4 rings (SSSR count). The molecule has 1 N–H and O–H groups in total. The lowest BCUT2D eigenvalue weighted by molar-refractivity contribution is 0.102. The lowest BCUT2D eigenvalue weighted by Crippen LogP contribution is -2.13. The molecule has 0 spiro atoms. The predicted molar refractivity (Wildman–Crippen MR) is 112 cm³/mol. The SMILES string of the molecule is Cc1ccc(C)c(C(=O)Nc2ccc(-c3nc(Cn4cccn4)c(C)o3)cc2)c1. The predicted octanol–water partition coefficient (Wildman–Crippen LogP) is 4.76. The van der Waals surface area contributed by atoms with Gasteiger partial charge in [-0.3, -0.25) is 9.48 Å². The zero-order valence-corrected chi connectivity index (χ0v) is 16.6. The van der Waals surface area contributed by atoms with Crippen LogP contribution in [0.2, 0.25) is 0 Å². The van der Waals surface area contributed by atoms with E-state index in [1.54, 1.807) is 10.9 Å². The Morgan fingerprint density at radius 2 is 1.90 bits per heavy atom. The summed E-state index contributed by atoms with van der Waals surface area (Å²) >= 11 is 0. The number of rotatable bonds is 5. The van der Waals surface area contributed by atoms with Crippen LogP contribution in [0.25, 0.3) is 11.5 Å². The summed E-state index contributed by atoms with van der Waals surface area (Å²) in [4.78, 5) is 17.2. The lowest BCUT2D eigenvalue weighted by atomic mass is 10.0. The number of nitrogens with zero attached hydrogens (tertiary/aromatic N) is 3. The number of hydrogen-bond donors (Lipinski definition) is 1. The van der Waals surface area contributed by atoms with E-state index in [2.05, 4.69) is 15.4 Å². The number of benzene rings is 2. The summed E-state index contributed by atoms with van der Waals surface area (Å²) in [5, 5.41) is 7.15. The van der Waals surface area contributed by atoms with E-state index in [-0.39, 0.29) is 5.91 Å². The Kier molecular flexibility index (Phi) is 4.99. The van der Waals surface area contributed by atoms with Gasteiger partial charge in [-0.15, -0.1) is 0 Å². The maximum Gasteiger partial charge on any atom is 0.255 e. The molecule has 0 saturated heterocycles. The number of hydrogen-bond acceptors (Lipinski definition) is 4.